The van der Waals surface area contributed by atoms with Crippen molar-refractivity contribution in [1.29, 1.82) is 0 Å². The minimum absolute atomic E-state index is 1.13. The van der Waals surface area contributed by atoms with Gasteiger partial charge in [-0.25, -0.2) is 0 Å². The number of para-hydroxylation sites is 3. The van der Waals surface area contributed by atoms with Crippen LogP contribution in [-0.4, -0.2) is 9.55 Å². The molecule has 0 bridgehead atoms. The van der Waals surface area contributed by atoms with Crippen LogP contribution in [0.1, 0.15) is 0 Å². The fourth-order valence-electron chi connectivity index (χ4n) is 6.21. The Bertz CT molecular complexity index is 2160. The van der Waals surface area contributed by atoms with E-state index in [-0.39, 0.29) is 0 Å². The van der Waals surface area contributed by atoms with E-state index in [1.807, 2.05) is 12.4 Å². The lowest BCUT2D eigenvalue weighted by Gasteiger charge is -2.25. The maximum atomic E-state index is 4.16. The molecule has 0 radical (unpaired) electrons. The molecule has 2 heterocycles. The first kappa shape index (κ1) is 25.8. The molecule has 2 aromatic heterocycles. The smallest absolute Gasteiger partial charge is 0.0542 e. The number of anilines is 3. The average molecular weight is 564 g/mol. The van der Waals surface area contributed by atoms with E-state index in [0.717, 1.165) is 22.7 Å². The Morgan fingerprint density at radius 1 is 0.386 bits per heavy atom. The Morgan fingerprint density at radius 2 is 0.977 bits per heavy atom. The molecule has 0 aliphatic rings. The summed E-state index contributed by atoms with van der Waals surface area (Å²) in [5, 5.41) is 2.46. The standard InChI is InChI=1S/C41H29N3/c1-3-12-34(13-4-1)43(35-14-5-2-6-15-35)37-22-23-41-39(29-37)38-16-7-8-17-40(38)44(41)36-20-18-30(19-21-36)32-10-9-11-33(28-32)31-24-26-42-27-25-31/h1-29H. The van der Waals surface area contributed by atoms with Gasteiger partial charge in [-0.2, -0.15) is 0 Å². The number of nitrogens with zero attached hydrogens (tertiary/aromatic N) is 3. The summed E-state index contributed by atoms with van der Waals surface area (Å²) in [5.41, 5.74) is 11.6. The normalized spacial score (nSPS) is 11.2. The van der Waals surface area contributed by atoms with Crippen LogP contribution >= 0.6 is 0 Å². The van der Waals surface area contributed by atoms with Crippen LogP contribution in [0.15, 0.2) is 176 Å². The highest BCUT2D eigenvalue weighted by Gasteiger charge is 2.17. The molecular weight excluding hydrogens is 534 g/mol. The van der Waals surface area contributed by atoms with E-state index in [0.29, 0.717) is 0 Å². The van der Waals surface area contributed by atoms with Gasteiger partial charge in [0.1, 0.15) is 0 Å². The van der Waals surface area contributed by atoms with Crippen molar-refractivity contribution in [2.24, 2.45) is 0 Å². The molecule has 8 rings (SSSR count). The molecule has 0 aliphatic heterocycles. The number of hydrogen-bond donors (Lipinski definition) is 0. The van der Waals surface area contributed by atoms with Gasteiger partial charge in [-0.05, 0) is 101 Å². The van der Waals surface area contributed by atoms with E-state index in [1.54, 1.807) is 0 Å². The van der Waals surface area contributed by atoms with Gasteiger partial charge in [0, 0.05) is 45.9 Å². The Kier molecular flexibility index (Phi) is 6.47. The summed E-state index contributed by atoms with van der Waals surface area (Å²) in [6.07, 6.45) is 3.68. The molecule has 0 spiro atoms. The number of benzene rings is 6. The van der Waals surface area contributed by atoms with Crippen LogP contribution in [0.4, 0.5) is 17.1 Å². The molecule has 0 saturated heterocycles. The third kappa shape index (κ3) is 4.61. The van der Waals surface area contributed by atoms with Gasteiger partial charge in [0.2, 0.25) is 0 Å². The number of fused-ring (bicyclic) bond motifs is 3. The first-order valence-electron chi connectivity index (χ1n) is 14.9. The Balaban J connectivity index is 1.23. The van der Waals surface area contributed by atoms with Crippen molar-refractivity contribution in [2.45, 2.75) is 0 Å². The van der Waals surface area contributed by atoms with Gasteiger partial charge in [0.15, 0.2) is 0 Å². The van der Waals surface area contributed by atoms with Crippen LogP contribution in [0.3, 0.4) is 0 Å². The molecule has 208 valence electrons. The molecule has 0 aliphatic carbocycles. The molecule has 0 N–H and O–H groups in total. The van der Waals surface area contributed by atoms with Crippen molar-refractivity contribution in [1.82, 2.24) is 9.55 Å². The van der Waals surface area contributed by atoms with Crippen molar-refractivity contribution in [3.63, 3.8) is 0 Å². The van der Waals surface area contributed by atoms with E-state index in [9.17, 15) is 0 Å². The predicted molar refractivity (Wildman–Crippen MR) is 184 cm³/mol. The van der Waals surface area contributed by atoms with Crippen molar-refractivity contribution < 1.29 is 0 Å². The van der Waals surface area contributed by atoms with Gasteiger partial charge in [-0.3, -0.25) is 4.98 Å². The second-order valence-corrected chi connectivity index (χ2v) is 10.9. The lowest BCUT2D eigenvalue weighted by molar-refractivity contribution is 1.18. The molecule has 0 atom stereocenters. The van der Waals surface area contributed by atoms with E-state index in [1.165, 1.54) is 44.1 Å². The van der Waals surface area contributed by atoms with Crippen LogP contribution in [0.25, 0.3) is 49.7 Å². The molecule has 0 unspecified atom stereocenters. The van der Waals surface area contributed by atoms with E-state index < -0.39 is 0 Å². The maximum absolute atomic E-state index is 4.16. The third-order valence-electron chi connectivity index (χ3n) is 8.28. The van der Waals surface area contributed by atoms with Gasteiger partial charge in [-0.1, -0.05) is 84.9 Å². The predicted octanol–water partition coefficient (Wildman–Crippen LogP) is 11.0. The lowest BCUT2D eigenvalue weighted by atomic mass is 9.99. The van der Waals surface area contributed by atoms with Crippen LogP contribution in [-0.2, 0) is 0 Å². The second kappa shape index (κ2) is 11.0. The highest BCUT2D eigenvalue weighted by Crippen LogP contribution is 2.39. The first-order chi connectivity index (χ1) is 21.8. The quantitative estimate of drug-likeness (QED) is 0.201. The fourth-order valence-corrected chi connectivity index (χ4v) is 6.21. The molecule has 3 heteroatoms. The summed E-state index contributed by atoms with van der Waals surface area (Å²) in [6, 6.07) is 58.4. The summed E-state index contributed by atoms with van der Waals surface area (Å²) >= 11 is 0. The summed E-state index contributed by atoms with van der Waals surface area (Å²) in [7, 11) is 0. The number of rotatable bonds is 6. The number of hydrogen-bond acceptors (Lipinski definition) is 2. The number of aromatic nitrogens is 2. The zero-order chi connectivity index (χ0) is 29.3. The fraction of sp³-hybridized carbons (Fsp3) is 0. The van der Waals surface area contributed by atoms with Gasteiger partial charge in [0.25, 0.3) is 0 Å². The Labute approximate surface area is 256 Å². The highest BCUT2D eigenvalue weighted by atomic mass is 15.1. The van der Waals surface area contributed by atoms with Crippen molar-refractivity contribution in [3.8, 4) is 27.9 Å². The molecule has 0 fully saturated rings. The van der Waals surface area contributed by atoms with Gasteiger partial charge < -0.3 is 9.47 Å². The van der Waals surface area contributed by atoms with Crippen LogP contribution in [0.2, 0.25) is 0 Å². The SMILES string of the molecule is c1ccc(N(c2ccccc2)c2ccc3c(c2)c2ccccc2n3-c2ccc(-c3cccc(-c4ccncc4)c3)cc2)cc1. The minimum Gasteiger partial charge on any atom is -0.310 e. The van der Waals surface area contributed by atoms with Gasteiger partial charge in [0.05, 0.1) is 11.0 Å². The molecule has 0 amide bonds. The summed E-state index contributed by atoms with van der Waals surface area (Å²) in [4.78, 5) is 6.48. The monoisotopic (exact) mass is 563 g/mol. The second-order valence-electron chi connectivity index (χ2n) is 10.9. The van der Waals surface area contributed by atoms with Crippen molar-refractivity contribution >= 4 is 38.9 Å². The molecule has 3 nitrogen and oxygen atoms in total. The summed E-state index contributed by atoms with van der Waals surface area (Å²) in [5.74, 6) is 0. The van der Waals surface area contributed by atoms with E-state index in [2.05, 4.69) is 178 Å². The summed E-state index contributed by atoms with van der Waals surface area (Å²) < 4.78 is 2.38. The molecule has 6 aromatic carbocycles. The molecular formula is C41H29N3. The van der Waals surface area contributed by atoms with E-state index >= 15 is 0 Å². The van der Waals surface area contributed by atoms with Crippen LogP contribution < -0.4 is 4.90 Å². The Morgan fingerprint density at radius 3 is 1.66 bits per heavy atom. The largest absolute Gasteiger partial charge is 0.310 e. The molecule has 8 aromatic rings. The van der Waals surface area contributed by atoms with Crippen LogP contribution in [0, 0.1) is 0 Å². The average Bonchev–Trinajstić information content (AvgIpc) is 3.44. The minimum atomic E-state index is 1.13. The maximum Gasteiger partial charge on any atom is 0.0542 e. The zero-order valence-electron chi connectivity index (χ0n) is 24.1. The van der Waals surface area contributed by atoms with Crippen molar-refractivity contribution in [2.75, 3.05) is 4.90 Å². The molecule has 44 heavy (non-hydrogen) atoms. The lowest BCUT2D eigenvalue weighted by Crippen LogP contribution is -2.09. The van der Waals surface area contributed by atoms with Crippen molar-refractivity contribution in [3.05, 3.63) is 176 Å². The topological polar surface area (TPSA) is 21.1 Å². The highest BCUT2D eigenvalue weighted by molar-refractivity contribution is 6.10. The first-order valence-corrected chi connectivity index (χ1v) is 14.9. The molecule has 0 saturated carbocycles. The summed E-state index contributed by atoms with van der Waals surface area (Å²) in [6.45, 7) is 0. The zero-order valence-corrected chi connectivity index (χ0v) is 24.1. The number of pyridine rings is 1. The van der Waals surface area contributed by atoms with E-state index in [4.69, 9.17) is 0 Å². The van der Waals surface area contributed by atoms with Crippen LogP contribution in [0.5, 0.6) is 0 Å². The van der Waals surface area contributed by atoms with Gasteiger partial charge in [-0.15, -0.1) is 0 Å². The third-order valence-corrected chi connectivity index (χ3v) is 8.28. The van der Waals surface area contributed by atoms with Gasteiger partial charge >= 0.3 is 0 Å². The Hall–Kier alpha value is -5.93.